The molecule has 5 amide bonds. The average molecular weight is 525 g/mol. The predicted molar refractivity (Wildman–Crippen MR) is 126 cm³/mol. The van der Waals surface area contributed by atoms with Crippen LogP contribution in [0.5, 0.6) is 5.75 Å². The van der Waals surface area contributed by atoms with Crippen molar-refractivity contribution in [3.8, 4) is 17.6 Å². The molecule has 1 aromatic heterocycles. The van der Waals surface area contributed by atoms with Gasteiger partial charge in [-0.2, -0.15) is 13.2 Å². The number of rotatable bonds is 5. The highest BCUT2D eigenvalue weighted by Crippen LogP contribution is 2.18. The second-order valence-electron chi connectivity index (χ2n) is 7.19. The number of benzene rings is 1. The Bertz CT molecular complexity index is 1200. The van der Waals surface area contributed by atoms with Gasteiger partial charge in [-0.15, -0.1) is 11.3 Å². The second kappa shape index (κ2) is 12.6. The molecule has 1 saturated heterocycles. The molecule has 1 aliphatic rings. The minimum atomic E-state index is -4.89. The summed E-state index contributed by atoms with van der Waals surface area (Å²) in [6, 6.07) is 7.22. The molecule has 1 atom stereocenters. The number of nitrogens with one attached hydrogen (secondary N) is 4. The van der Waals surface area contributed by atoms with Crippen LogP contribution in [0.25, 0.3) is 0 Å². The minimum absolute atomic E-state index is 0.0867. The van der Waals surface area contributed by atoms with E-state index in [9.17, 15) is 32.3 Å². The lowest BCUT2D eigenvalue weighted by Gasteiger charge is -2.06. The molecule has 1 aliphatic heterocycles. The van der Waals surface area contributed by atoms with Crippen LogP contribution in [0.3, 0.4) is 0 Å². The van der Waals surface area contributed by atoms with Crippen LogP contribution < -0.4 is 26.0 Å². The molecule has 0 saturated carbocycles. The Morgan fingerprint density at radius 2 is 1.92 bits per heavy atom. The van der Waals surface area contributed by atoms with Crippen molar-refractivity contribution in [3.63, 3.8) is 0 Å². The van der Waals surface area contributed by atoms with Gasteiger partial charge in [-0.3, -0.25) is 19.7 Å². The van der Waals surface area contributed by atoms with Crippen LogP contribution in [-0.4, -0.2) is 56.7 Å². The Morgan fingerprint density at radius 1 is 1.19 bits per heavy atom. The maximum absolute atomic E-state index is 12.0. The molecule has 1 unspecified atom stereocenters. The third-order valence-corrected chi connectivity index (χ3v) is 5.67. The zero-order valence-electron chi connectivity index (χ0n) is 19.5. The lowest BCUT2D eigenvalue weighted by Crippen LogP contribution is -2.37. The number of methoxy groups -OCH3 is 1. The zero-order valence-corrected chi connectivity index (χ0v) is 20.3. The highest BCUT2D eigenvalue weighted by atomic mass is 32.1. The van der Waals surface area contributed by atoms with Crippen LogP contribution in [0.1, 0.15) is 25.7 Å². The van der Waals surface area contributed by atoms with Gasteiger partial charge in [-0.25, -0.2) is 4.79 Å². The maximum Gasteiger partial charge on any atom is 0.471 e. The SMILES string of the molecule is CNC(=O)c1cc(OC)ccc1C.O=C1NC(=O)C(C#Cc2ccc(CCNC(=O)C(F)(F)F)s2)N1. The minimum Gasteiger partial charge on any atom is -0.497 e. The number of urea groups is 1. The molecule has 1 aromatic carbocycles. The van der Waals surface area contributed by atoms with E-state index in [0.29, 0.717) is 16.2 Å². The van der Waals surface area contributed by atoms with Crippen molar-refractivity contribution >= 4 is 35.1 Å². The molecule has 4 N–H and O–H groups in total. The Kier molecular flexibility index (Phi) is 9.86. The molecule has 1 fully saturated rings. The summed E-state index contributed by atoms with van der Waals surface area (Å²) in [5.74, 6) is 3.39. The van der Waals surface area contributed by atoms with Crippen LogP contribution in [-0.2, 0) is 16.0 Å². The van der Waals surface area contributed by atoms with Crippen LogP contribution in [0.2, 0.25) is 0 Å². The van der Waals surface area contributed by atoms with Gasteiger partial charge >= 0.3 is 18.1 Å². The average Bonchev–Trinajstić information content (AvgIpc) is 3.42. The number of ether oxygens (including phenoxy) is 1. The van der Waals surface area contributed by atoms with Gasteiger partial charge in [0.1, 0.15) is 5.75 Å². The molecule has 3 rings (SSSR count). The first kappa shape index (κ1) is 28.2. The summed E-state index contributed by atoms with van der Waals surface area (Å²) in [6.07, 6.45) is -4.66. The summed E-state index contributed by atoms with van der Waals surface area (Å²) >= 11 is 1.23. The molecule has 0 bridgehead atoms. The Labute approximate surface area is 208 Å². The van der Waals surface area contributed by atoms with Crippen LogP contribution in [0.15, 0.2) is 30.3 Å². The van der Waals surface area contributed by atoms with Gasteiger partial charge in [-0.05, 0) is 43.2 Å². The van der Waals surface area contributed by atoms with Gasteiger partial charge < -0.3 is 20.7 Å². The third kappa shape index (κ3) is 8.31. The Hall–Kier alpha value is -4.05. The number of hydrogen-bond acceptors (Lipinski definition) is 6. The first-order valence-corrected chi connectivity index (χ1v) is 11.2. The van der Waals surface area contributed by atoms with Gasteiger partial charge in [-0.1, -0.05) is 17.9 Å². The summed E-state index contributed by atoms with van der Waals surface area (Å²) in [4.78, 5) is 45.5. The highest BCUT2D eigenvalue weighted by molar-refractivity contribution is 7.12. The van der Waals surface area contributed by atoms with Gasteiger partial charge in [0.2, 0.25) is 0 Å². The van der Waals surface area contributed by atoms with Crippen molar-refractivity contribution in [1.29, 1.82) is 0 Å². The van der Waals surface area contributed by atoms with E-state index in [1.54, 1.807) is 37.7 Å². The summed E-state index contributed by atoms with van der Waals surface area (Å²) in [7, 11) is 3.19. The molecular weight excluding hydrogens is 501 g/mol. The van der Waals surface area contributed by atoms with Gasteiger partial charge in [0.05, 0.1) is 12.0 Å². The van der Waals surface area contributed by atoms with Crippen LogP contribution in [0.4, 0.5) is 18.0 Å². The standard InChI is InChI=1S/C13H10F3N3O3S.C10H13NO2/c14-13(15,16)11(21)17-6-5-8-2-1-7(23-8)3-4-9-10(20)19-12(22)18-9;1-7-4-5-8(13-3)6-9(7)10(12)11-2/h1-2,9H,5-6H2,(H,17,21)(H2,18,19,20,22);4-6H,1-3H3,(H,11,12). The molecular formula is C23H23F3N4O5S. The number of amides is 5. The zero-order chi connectivity index (χ0) is 26.9. The number of thiophene rings is 1. The lowest BCUT2D eigenvalue weighted by atomic mass is 10.1. The van der Waals surface area contributed by atoms with E-state index in [1.165, 1.54) is 11.3 Å². The number of carbonyl (C=O) groups excluding carboxylic acids is 4. The molecule has 36 heavy (non-hydrogen) atoms. The largest absolute Gasteiger partial charge is 0.497 e. The Balaban J connectivity index is 0.000000297. The normalized spacial score (nSPS) is 14.3. The fourth-order valence-electron chi connectivity index (χ4n) is 2.75. The van der Waals surface area contributed by atoms with E-state index in [1.807, 2.05) is 24.4 Å². The van der Waals surface area contributed by atoms with Crippen molar-refractivity contribution in [1.82, 2.24) is 21.3 Å². The Morgan fingerprint density at radius 3 is 2.50 bits per heavy atom. The highest BCUT2D eigenvalue weighted by Gasteiger charge is 2.38. The smallest absolute Gasteiger partial charge is 0.471 e. The number of aryl methyl sites for hydroxylation is 1. The summed E-state index contributed by atoms with van der Waals surface area (Å²) < 4.78 is 41.0. The van der Waals surface area contributed by atoms with E-state index in [-0.39, 0.29) is 18.9 Å². The maximum atomic E-state index is 12.0. The van der Waals surface area contributed by atoms with Crippen molar-refractivity contribution in [2.45, 2.75) is 25.6 Å². The van der Waals surface area contributed by atoms with Crippen molar-refractivity contribution < 1.29 is 37.1 Å². The second-order valence-corrected chi connectivity index (χ2v) is 8.36. The van der Waals surface area contributed by atoms with Crippen molar-refractivity contribution in [2.24, 2.45) is 0 Å². The molecule has 0 aliphatic carbocycles. The van der Waals surface area contributed by atoms with Crippen molar-refractivity contribution in [3.05, 3.63) is 51.2 Å². The first-order chi connectivity index (χ1) is 16.9. The fourth-order valence-corrected chi connectivity index (χ4v) is 3.62. The van der Waals surface area contributed by atoms with E-state index >= 15 is 0 Å². The van der Waals surface area contributed by atoms with Gasteiger partial charge in [0.25, 0.3) is 11.8 Å². The van der Waals surface area contributed by atoms with Gasteiger partial charge in [0, 0.05) is 24.0 Å². The molecule has 2 heterocycles. The summed E-state index contributed by atoms with van der Waals surface area (Å²) in [6.45, 7) is 1.75. The van der Waals surface area contributed by atoms with E-state index in [2.05, 4.69) is 22.5 Å². The fraction of sp³-hybridized carbons (Fsp3) is 0.304. The molecule has 0 radical (unpaired) electrons. The molecule has 2 aromatic rings. The number of alkyl halides is 3. The monoisotopic (exact) mass is 524 g/mol. The van der Waals surface area contributed by atoms with Crippen molar-refractivity contribution in [2.75, 3.05) is 20.7 Å². The third-order valence-electron chi connectivity index (χ3n) is 4.61. The number of carbonyl (C=O) groups is 4. The summed E-state index contributed by atoms with van der Waals surface area (Å²) in [5, 5.41) is 8.71. The molecule has 13 heteroatoms. The topological polar surface area (TPSA) is 126 Å². The molecule has 9 nitrogen and oxygen atoms in total. The number of hydrogen-bond donors (Lipinski definition) is 4. The predicted octanol–water partition coefficient (Wildman–Crippen LogP) is 1.89. The van der Waals surface area contributed by atoms with Gasteiger partial charge in [0.15, 0.2) is 6.04 Å². The van der Waals surface area contributed by atoms with Crippen LogP contribution in [0, 0.1) is 18.8 Å². The first-order valence-electron chi connectivity index (χ1n) is 10.4. The number of imide groups is 1. The van der Waals surface area contributed by atoms with E-state index in [4.69, 9.17) is 4.74 Å². The summed E-state index contributed by atoms with van der Waals surface area (Å²) in [5.41, 5.74) is 1.60. The molecule has 0 spiro atoms. The van der Waals surface area contributed by atoms with Crippen LogP contribution >= 0.6 is 11.3 Å². The quantitative estimate of drug-likeness (QED) is 0.351. The molecule has 192 valence electrons. The van der Waals surface area contributed by atoms with E-state index < -0.39 is 30.1 Å². The lowest BCUT2D eigenvalue weighted by molar-refractivity contribution is -0.173. The number of halogens is 3. The van der Waals surface area contributed by atoms with E-state index in [0.717, 1.165) is 10.4 Å².